The standard InChI is InChI=1S/C16H24N4OS/c1-10-17-15(21-19-10)12-4-6-20(7-5-12)16(22)18-14-9-11-2-3-13(14)8-11/h11-14H,2-9H2,1H3,(H,18,22)/t11-,13-,14+/m0/s1. The Balaban J connectivity index is 1.29. The van der Waals surface area contributed by atoms with Crippen LogP contribution in [-0.4, -0.2) is 39.3 Å². The summed E-state index contributed by atoms with van der Waals surface area (Å²) in [6.07, 6.45) is 7.65. The van der Waals surface area contributed by atoms with Crippen LogP contribution in [0.3, 0.4) is 0 Å². The molecule has 0 aromatic carbocycles. The third-order valence-corrected chi connectivity index (χ3v) is 6.10. The zero-order valence-electron chi connectivity index (χ0n) is 13.1. The second-order valence-electron chi connectivity index (χ2n) is 7.17. The lowest BCUT2D eigenvalue weighted by molar-refractivity contribution is 0.259. The first kappa shape index (κ1) is 14.4. The number of fused-ring (bicyclic) bond motifs is 2. The molecule has 4 rings (SSSR count). The van der Waals surface area contributed by atoms with Crippen molar-refractivity contribution in [2.45, 2.75) is 57.4 Å². The van der Waals surface area contributed by atoms with E-state index in [1.54, 1.807) is 0 Å². The minimum Gasteiger partial charge on any atom is -0.360 e. The van der Waals surface area contributed by atoms with Gasteiger partial charge in [-0.05, 0) is 63.1 Å². The Kier molecular flexibility index (Phi) is 3.80. The lowest BCUT2D eigenvalue weighted by atomic mass is 9.95. The minimum atomic E-state index is 0.391. The van der Waals surface area contributed by atoms with E-state index < -0.39 is 0 Å². The molecule has 1 aromatic rings. The molecule has 1 aliphatic heterocycles. The number of likely N-dealkylation sites (tertiary alicyclic amines) is 1. The molecule has 3 fully saturated rings. The van der Waals surface area contributed by atoms with E-state index in [2.05, 4.69) is 20.4 Å². The van der Waals surface area contributed by atoms with Crippen molar-refractivity contribution in [3.05, 3.63) is 11.7 Å². The number of nitrogens with one attached hydrogen (secondary N) is 1. The maximum Gasteiger partial charge on any atom is 0.229 e. The molecule has 0 radical (unpaired) electrons. The molecule has 2 saturated carbocycles. The molecule has 0 amide bonds. The Morgan fingerprint density at radius 3 is 2.64 bits per heavy atom. The molecule has 2 aliphatic carbocycles. The predicted molar refractivity (Wildman–Crippen MR) is 87.6 cm³/mol. The van der Waals surface area contributed by atoms with Gasteiger partial charge >= 0.3 is 0 Å². The van der Waals surface area contributed by atoms with Gasteiger partial charge in [-0.3, -0.25) is 0 Å². The van der Waals surface area contributed by atoms with Gasteiger partial charge in [0.15, 0.2) is 10.9 Å². The topological polar surface area (TPSA) is 54.2 Å². The summed E-state index contributed by atoms with van der Waals surface area (Å²) in [5.41, 5.74) is 0. The molecular formula is C16H24N4OS. The van der Waals surface area contributed by atoms with Crippen molar-refractivity contribution in [2.75, 3.05) is 13.1 Å². The fraction of sp³-hybridized carbons (Fsp3) is 0.812. The molecular weight excluding hydrogens is 296 g/mol. The Labute approximate surface area is 136 Å². The highest BCUT2D eigenvalue weighted by atomic mass is 32.1. The van der Waals surface area contributed by atoms with Crippen LogP contribution in [-0.2, 0) is 0 Å². The summed E-state index contributed by atoms with van der Waals surface area (Å²) in [6.45, 7) is 3.84. The van der Waals surface area contributed by atoms with Gasteiger partial charge in [0.2, 0.25) is 5.89 Å². The number of nitrogens with zero attached hydrogens (tertiary/aromatic N) is 3. The van der Waals surface area contributed by atoms with Crippen molar-refractivity contribution in [3.63, 3.8) is 0 Å². The van der Waals surface area contributed by atoms with Crippen LogP contribution in [0.25, 0.3) is 0 Å². The summed E-state index contributed by atoms with van der Waals surface area (Å²) in [5, 5.41) is 8.50. The molecule has 6 heteroatoms. The molecule has 5 nitrogen and oxygen atoms in total. The number of piperidine rings is 1. The van der Waals surface area contributed by atoms with Gasteiger partial charge in [-0.2, -0.15) is 4.98 Å². The highest BCUT2D eigenvalue weighted by Gasteiger charge is 2.40. The first-order chi connectivity index (χ1) is 10.7. The van der Waals surface area contributed by atoms with Gasteiger partial charge in [-0.1, -0.05) is 11.6 Å². The Morgan fingerprint density at radius 2 is 2.05 bits per heavy atom. The van der Waals surface area contributed by atoms with Crippen LogP contribution < -0.4 is 5.32 Å². The molecule has 22 heavy (non-hydrogen) atoms. The van der Waals surface area contributed by atoms with E-state index in [9.17, 15) is 0 Å². The van der Waals surface area contributed by atoms with E-state index in [4.69, 9.17) is 16.7 Å². The highest BCUT2D eigenvalue weighted by molar-refractivity contribution is 7.80. The molecule has 0 unspecified atom stereocenters. The predicted octanol–water partition coefficient (Wildman–Crippen LogP) is 2.62. The number of aromatic nitrogens is 2. The first-order valence-corrected chi connectivity index (χ1v) is 8.95. The smallest absolute Gasteiger partial charge is 0.229 e. The second kappa shape index (κ2) is 5.80. The van der Waals surface area contributed by atoms with Gasteiger partial charge in [0.25, 0.3) is 0 Å². The lowest BCUT2D eigenvalue weighted by Gasteiger charge is -2.35. The highest BCUT2D eigenvalue weighted by Crippen LogP contribution is 2.44. The number of thiocarbonyl (C=S) groups is 1. The van der Waals surface area contributed by atoms with Crippen molar-refractivity contribution < 1.29 is 4.52 Å². The van der Waals surface area contributed by atoms with Crippen LogP contribution in [0.15, 0.2) is 4.52 Å². The van der Waals surface area contributed by atoms with E-state index in [-0.39, 0.29) is 0 Å². The van der Waals surface area contributed by atoms with Crippen molar-refractivity contribution in [3.8, 4) is 0 Å². The Bertz CT molecular complexity index is 552. The summed E-state index contributed by atoms with van der Waals surface area (Å²) in [5.74, 6) is 3.73. The average Bonchev–Trinajstić information content (AvgIpc) is 3.24. The van der Waals surface area contributed by atoms with Crippen LogP contribution in [0, 0.1) is 18.8 Å². The van der Waals surface area contributed by atoms with Gasteiger partial charge in [-0.15, -0.1) is 0 Å². The van der Waals surface area contributed by atoms with E-state index >= 15 is 0 Å². The van der Waals surface area contributed by atoms with Gasteiger partial charge in [0.1, 0.15) is 0 Å². The average molecular weight is 320 g/mol. The van der Waals surface area contributed by atoms with Crippen LogP contribution in [0.1, 0.15) is 56.2 Å². The number of hydrogen-bond donors (Lipinski definition) is 1. The van der Waals surface area contributed by atoms with E-state index in [0.717, 1.165) is 54.6 Å². The van der Waals surface area contributed by atoms with Gasteiger partial charge in [-0.25, -0.2) is 0 Å². The van der Waals surface area contributed by atoms with Crippen LogP contribution in [0.4, 0.5) is 0 Å². The second-order valence-corrected chi connectivity index (χ2v) is 7.56. The third kappa shape index (κ3) is 2.73. The van der Waals surface area contributed by atoms with Crippen LogP contribution in [0.5, 0.6) is 0 Å². The summed E-state index contributed by atoms with van der Waals surface area (Å²) < 4.78 is 5.31. The Morgan fingerprint density at radius 1 is 1.23 bits per heavy atom. The van der Waals surface area contributed by atoms with Gasteiger partial charge in [0, 0.05) is 25.0 Å². The van der Waals surface area contributed by atoms with Gasteiger partial charge < -0.3 is 14.7 Å². The molecule has 1 saturated heterocycles. The van der Waals surface area contributed by atoms with Crippen LogP contribution in [0.2, 0.25) is 0 Å². The summed E-state index contributed by atoms with van der Waals surface area (Å²) in [6, 6.07) is 0.627. The zero-order valence-corrected chi connectivity index (χ0v) is 13.9. The van der Waals surface area contributed by atoms with Gasteiger partial charge in [0.05, 0.1) is 0 Å². The SMILES string of the molecule is Cc1noc(C2CCN(C(=S)N[C@@H]3C[C@H]4CC[C@H]3C4)CC2)n1. The molecule has 2 bridgehead atoms. The molecule has 0 spiro atoms. The minimum absolute atomic E-state index is 0.391. The first-order valence-electron chi connectivity index (χ1n) is 8.54. The number of aryl methyl sites for hydroxylation is 1. The largest absolute Gasteiger partial charge is 0.360 e. The van der Waals surface area contributed by atoms with E-state index in [1.165, 1.54) is 25.7 Å². The monoisotopic (exact) mass is 320 g/mol. The normalized spacial score (nSPS) is 31.7. The van der Waals surface area contributed by atoms with Crippen molar-refractivity contribution in [2.24, 2.45) is 11.8 Å². The van der Waals surface area contributed by atoms with Crippen molar-refractivity contribution >= 4 is 17.3 Å². The maximum atomic E-state index is 5.65. The fourth-order valence-electron chi connectivity index (χ4n) is 4.48. The summed E-state index contributed by atoms with van der Waals surface area (Å²) >= 11 is 5.65. The van der Waals surface area contributed by atoms with Crippen molar-refractivity contribution in [1.82, 2.24) is 20.4 Å². The number of hydrogen-bond acceptors (Lipinski definition) is 4. The summed E-state index contributed by atoms with van der Waals surface area (Å²) in [7, 11) is 0. The molecule has 120 valence electrons. The molecule has 3 aliphatic rings. The quantitative estimate of drug-likeness (QED) is 0.846. The maximum absolute atomic E-state index is 5.65. The third-order valence-electron chi connectivity index (χ3n) is 5.72. The van der Waals surface area contributed by atoms with E-state index in [0.29, 0.717) is 12.0 Å². The number of rotatable bonds is 2. The van der Waals surface area contributed by atoms with Crippen LogP contribution >= 0.6 is 12.2 Å². The zero-order chi connectivity index (χ0) is 15.1. The molecule has 1 aromatic heterocycles. The van der Waals surface area contributed by atoms with Crippen molar-refractivity contribution in [1.29, 1.82) is 0 Å². The van der Waals surface area contributed by atoms with E-state index in [1.807, 2.05) is 6.92 Å². The fourth-order valence-corrected chi connectivity index (χ4v) is 4.81. The molecule has 1 N–H and O–H groups in total. The molecule has 3 atom stereocenters. The molecule has 2 heterocycles. The Hall–Kier alpha value is -1.17. The lowest BCUT2D eigenvalue weighted by Crippen LogP contribution is -2.48. The summed E-state index contributed by atoms with van der Waals surface area (Å²) in [4.78, 5) is 6.69.